The summed E-state index contributed by atoms with van der Waals surface area (Å²) < 4.78 is 0. The molecule has 2 heteroatoms. The molecular weight excluding hydrogens is 162 g/mol. The summed E-state index contributed by atoms with van der Waals surface area (Å²) in [7, 11) is 0. The van der Waals surface area contributed by atoms with Crippen molar-refractivity contribution >= 4 is 0 Å². The van der Waals surface area contributed by atoms with Crippen LogP contribution in [0.25, 0.3) is 0 Å². The summed E-state index contributed by atoms with van der Waals surface area (Å²) >= 11 is 0. The second kappa shape index (κ2) is 6.96. The maximum Gasteiger partial charge on any atom is 0.0557 e. The van der Waals surface area contributed by atoms with Crippen LogP contribution >= 0.6 is 0 Å². The first-order valence-corrected chi connectivity index (χ1v) is 5.09. The van der Waals surface area contributed by atoms with Gasteiger partial charge in [-0.15, -0.1) is 0 Å². The van der Waals surface area contributed by atoms with E-state index < -0.39 is 0 Å². The Hall–Kier alpha value is -0.500. The van der Waals surface area contributed by atoms with Crippen molar-refractivity contribution in [3.8, 4) is 0 Å². The van der Waals surface area contributed by atoms with Crippen LogP contribution in [-0.4, -0.2) is 17.8 Å². The van der Waals surface area contributed by atoms with Crippen molar-refractivity contribution in [1.29, 1.82) is 0 Å². The average molecular weight is 185 g/mol. The lowest BCUT2D eigenvalue weighted by Crippen LogP contribution is -2.18. The molecule has 0 spiro atoms. The molecule has 0 saturated heterocycles. The van der Waals surface area contributed by atoms with Crippen molar-refractivity contribution < 1.29 is 5.11 Å². The zero-order chi connectivity index (χ0) is 10.3. The molecule has 78 valence electrons. The monoisotopic (exact) mass is 185 g/mol. The van der Waals surface area contributed by atoms with E-state index in [2.05, 4.69) is 25.7 Å². The van der Waals surface area contributed by atoms with Gasteiger partial charge < -0.3 is 10.4 Å². The van der Waals surface area contributed by atoms with Gasteiger partial charge in [0.15, 0.2) is 0 Å². The smallest absolute Gasteiger partial charge is 0.0557 e. The third kappa shape index (κ3) is 9.41. The van der Waals surface area contributed by atoms with Crippen molar-refractivity contribution in [2.45, 2.75) is 46.1 Å². The van der Waals surface area contributed by atoms with E-state index >= 15 is 0 Å². The van der Waals surface area contributed by atoms with Crippen LogP contribution in [0.1, 0.15) is 40.0 Å². The highest BCUT2D eigenvalue weighted by atomic mass is 16.3. The van der Waals surface area contributed by atoms with E-state index in [1.54, 1.807) is 0 Å². The van der Waals surface area contributed by atoms with Crippen LogP contribution in [0.2, 0.25) is 0 Å². The van der Waals surface area contributed by atoms with Crippen LogP contribution in [0.4, 0.5) is 0 Å². The van der Waals surface area contributed by atoms with Gasteiger partial charge in [0.1, 0.15) is 0 Å². The Balaban J connectivity index is 3.29. The fourth-order valence-electron chi connectivity index (χ4n) is 1.12. The lowest BCUT2D eigenvalue weighted by atomic mass is 10.0. The molecule has 0 amide bonds. The molecule has 1 atom stereocenters. The number of aliphatic hydroxyl groups is 1. The Labute approximate surface area is 82.0 Å². The largest absolute Gasteiger partial charge is 0.393 e. The van der Waals surface area contributed by atoms with Gasteiger partial charge in [-0.2, -0.15) is 0 Å². The topological polar surface area (TPSA) is 32.3 Å². The number of aliphatic hydroxyl groups excluding tert-OH is 1. The van der Waals surface area contributed by atoms with Gasteiger partial charge in [0.2, 0.25) is 0 Å². The molecule has 0 aromatic carbocycles. The third-order valence-electron chi connectivity index (χ3n) is 1.98. The highest BCUT2D eigenvalue weighted by Gasteiger charge is 2.04. The molecule has 0 aromatic heterocycles. The van der Waals surface area contributed by atoms with E-state index in [0.717, 1.165) is 31.5 Å². The Bertz CT molecular complexity index is 143. The summed E-state index contributed by atoms with van der Waals surface area (Å²) in [5.74, 6) is 0.684. The first-order chi connectivity index (χ1) is 6.02. The first-order valence-electron chi connectivity index (χ1n) is 5.09. The second-order valence-corrected chi connectivity index (χ2v) is 4.12. The maximum absolute atomic E-state index is 9.54. The summed E-state index contributed by atoms with van der Waals surface area (Å²) in [4.78, 5) is 0. The fraction of sp³-hybridized carbons (Fsp3) is 0.818. The van der Waals surface area contributed by atoms with E-state index in [4.69, 9.17) is 0 Å². The van der Waals surface area contributed by atoms with E-state index in [-0.39, 0.29) is 6.10 Å². The zero-order valence-electron chi connectivity index (χ0n) is 9.14. The van der Waals surface area contributed by atoms with Gasteiger partial charge in [0, 0.05) is 12.2 Å². The molecule has 1 unspecified atom stereocenters. The van der Waals surface area contributed by atoms with Crippen molar-refractivity contribution in [3.63, 3.8) is 0 Å². The minimum atomic E-state index is -0.158. The number of rotatable bonds is 7. The van der Waals surface area contributed by atoms with Crippen molar-refractivity contribution in [2.75, 3.05) is 6.54 Å². The van der Waals surface area contributed by atoms with Crippen LogP contribution < -0.4 is 5.32 Å². The molecule has 0 saturated carbocycles. The fourth-order valence-corrected chi connectivity index (χ4v) is 1.12. The van der Waals surface area contributed by atoms with Crippen LogP contribution in [0, 0.1) is 5.92 Å². The lowest BCUT2D eigenvalue weighted by Gasteiger charge is -2.12. The Morgan fingerprint density at radius 3 is 2.38 bits per heavy atom. The second-order valence-electron chi connectivity index (χ2n) is 4.12. The summed E-state index contributed by atoms with van der Waals surface area (Å²) in [6, 6.07) is 0. The number of nitrogens with one attached hydrogen (secondary N) is 1. The molecule has 0 aromatic rings. The molecule has 0 bridgehead atoms. The highest BCUT2D eigenvalue weighted by molar-refractivity contribution is 4.84. The van der Waals surface area contributed by atoms with E-state index in [9.17, 15) is 5.11 Å². The standard InChI is InChI=1S/C11H23NO/c1-9(2)5-6-11(13)7-8-12-10(3)4/h9,11-13H,3,5-8H2,1-2,4H3. The minimum absolute atomic E-state index is 0.158. The molecule has 0 aliphatic rings. The van der Waals surface area contributed by atoms with Crippen molar-refractivity contribution in [1.82, 2.24) is 5.32 Å². The number of hydrogen-bond acceptors (Lipinski definition) is 2. The SMILES string of the molecule is C=C(C)NCCC(O)CCC(C)C. The molecule has 0 heterocycles. The molecule has 0 radical (unpaired) electrons. The molecular formula is C11H23NO. The lowest BCUT2D eigenvalue weighted by molar-refractivity contribution is 0.147. The Morgan fingerprint density at radius 1 is 1.31 bits per heavy atom. The van der Waals surface area contributed by atoms with E-state index in [0.29, 0.717) is 5.92 Å². The summed E-state index contributed by atoms with van der Waals surface area (Å²) in [6.07, 6.45) is 2.68. The number of allylic oxidation sites excluding steroid dienone is 1. The summed E-state index contributed by atoms with van der Waals surface area (Å²) in [5.41, 5.74) is 0.969. The van der Waals surface area contributed by atoms with Gasteiger partial charge in [0.25, 0.3) is 0 Å². The van der Waals surface area contributed by atoms with E-state index in [1.807, 2.05) is 6.92 Å². The van der Waals surface area contributed by atoms with Crippen molar-refractivity contribution in [3.05, 3.63) is 12.3 Å². The first kappa shape index (κ1) is 12.5. The maximum atomic E-state index is 9.54. The molecule has 2 nitrogen and oxygen atoms in total. The van der Waals surface area contributed by atoms with Crippen LogP contribution in [-0.2, 0) is 0 Å². The molecule has 0 aliphatic heterocycles. The van der Waals surface area contributed by atoms with Crippen LogP contribution in [0.5, 0.6) is 0 Å². The Morgan fingerprint density at radius 2 is 1.92 bits per heavy atom. The summed E-state index contributed by atoms with van der Waals surface area (Å²) in [6.45, 7) is 10.9. The number of hydrogen-bond donors (Lipinski definition) is 2. The highest BCUT2D eigenvalue weighted by Crippen LogP contribution is 2.08. The van der Waals surface area contributed by atoms with Gasteiger partial charge in [-0.3, -0.25) is 0 Å². The molecule has 13 heavy (non-hydrogen) atoms. The predicted octanol–water partition coefficient (Wildman–Crippen LogP) is 2.30. The molecule has 0 rings (SSSR count). The predicted molar refractivity (Wildman–Crippen MR) is 57.5 cm³/mol. The minimum Gasteiger partial charge on any atom is -0.393 e. The molecule has 0 aliphatic carbocycles. The van der Waals surface area contributed by atoms with Crippen LogP contribution in [0.15, 0.2) is 12.3 Å². The Kier molecular flexibility index (Phi) is 6.69. The summed E-state index contributed by atoms with van der Waals surface area (Å²) in [5, 5.41) is 12.7. The normalized spacial score (nSPS) is 13.0. The van der Waals surface area contributed by atoms with Gasteiger partial charge in [-0.1, -0.05) is 20.4 Å². The quantitative estimate of drug-likeness (QED) is 0.638. The molecule has 2 N–H and O–H groups in total. The molecule has 0 fully saturated rings. The van der Waals surface area contributed by atoms with E-state index in [1.165, 1.54) is 0 Å². The van der Waals surface area contributed by atoms with Gasteiger partial charge in [0.05, 0.1) is 6.10 Å². The van der Waals surface area contributed by atoms with Gasteiger partial charge >= 0.3 is 0 Å². The third-order valence-corrected chi connectivity index (χ3v) is 1.98. The average Bonchev–Trinajstić information content (AvgIpc) is 2.00. The van der Waals surface area contributed by atoms with Gasteiger partial charge in [-0.25, -0.2) is 0 Å². The van der Waals surface area contributed by atoms with Crippen molar-refractivity contribution in [2.24, 2.45) is 5.92 Å². The zero-order valence-corrected chi connectivity index (χ0v) is 9.14. The van der Waals surface area contributed by atoms with Gasteiger partial charge in [-0.05, 0) is 32.1 Å². The van der Waals surface area contributed by atoms with Crippen LogP contribution in [0.3, 0.4) is 0 Å².